The van der Waals surface area contributed by atoms with Gasteiger partial charge in [0, 0.05) is 0 Å². The number of hydrogen-bond acceptors (Lipinski definition) is 1. The van der Waals surface area contributed by atoms with E-state index in [2.05, 4.69) is 19.2 Å². The van der Waals surface area contributed by atoms with Crippen LogP contribution in [-0.2, 0) is 0 Å². The normalized spacial score (nSPS) is 10.6. The van der Waals surface area contributed by atoms with Crippen molar-refractivity contribution in [3.8, 4) is 0 Å². The quantitative estimate of drug-likeness (QED) is 0.297. The van der Waals surface area contributed by atoms with Crippen LogP contribution in [0.3, 0.4) is 0 Å². The molecule has 0 spiro atoms. The summed E-state index contributed by atoms with van der Waals surface area (Å²) in [6.07, 6.45) is 22.8. The van der Waals surface area contributed by atoms with Gasteiger partial charge in [-0.3, -0.25) is 0 Å². The predicted molar refractivity (Wildman–Crippen MR) is 99.2 cm³/mol. The molecule has 22 heavy (non-hydrogen) atoms. The number of rotatable bonds is 18. The van der Waals surface area contributed by atoms with E-state index in [9.17, 15) is 0 Å². The van der Waals surface area contributed by atoms with Gasteiger partial charge in [-0.2, -0.15) is 0 Å². The van der Waals surface area contributed by atoms with Crippen molar-refractivity contribution in [1.29, 1.82) is 0 Å². The average molecular weight is 322 g/mol. The predicted octanol–water partition coefficient (Wildman–Crippen LogP) is 3.97. The van der Waals surface area contributed by atoms with E-state index in [0.717, 1.165) is 0 Å². The van der Waals surface area contributed by atoms with E-state index in [0.29, 0.717) is 0 Å². The minimum absolute atomic E-state index is 0. The van der Waals surface area contributed by atoms with E-state index in [1.165, 1.54) is 116 Å². The Morgan fingerprint density at radius 3 is 1.05 bits per heavy atom. The zero-order valence-corrected chi connectivity index (χ0v) is 18.2. The topological polar surface area (TPSA) is 12.0 Å². The minimum Gasteiger partial charge on any atom is -1.00 e. The first-order chi connectivity index (χ1) is 10.4. The summed E-state index contributed by atoms with van der Waals surface area (Å²) in [5.74, 6) is 0. The van der Waals surface area contributed by atoms with E-state index in [1.807, 2.05) is 0 Å². The molecule has 0 saturated heterocycles. The molecule has 1 nitrogen and oxygen atoms in total. The molecule has 0 aromatic carbocycles. The third kappa shape index (κ3) is 23.2. The monoisotopic (exact) mass is 321 g/mol. The van der Waals surface area contributed by atoms with Gasteiger partial charge in [0.1, 0.15) is 0 Å². The zero-order chi connectivity index (χ0) is 15.4. The number of nitrogens with one attached hydrogen (secondary N) is 1. The van der Waals surface area contributed by atoms with E-state index < -0.39 is 0 Å². The van der Waals surface area contributed by atoms with Gasteiger partial charge in [-0.05, 0) is 25.9 Å². The van der Waals surface area contributed by atoms with Crippen molar-refractivity contribution in [1.82, 2.24) is 5.32 Å². The van der Waals surface area contributed by atoms with E-state index in [-0.39, 0.29) is 31.0 Å². The van der Waals surface area contributed by atoms with Crippen LogP contribution in [0.4, 0.5) is 0 Å². The Morgan fingerprint density at radius 1 is 0.455 bits per heavy atom. The molecule has 0 unspecified atom stereocenters. The number of hydrogen-bond donors (Lipinski definition) is 1. The van der Waals surface area contributed by atoms with Crippen LogP contribution in [0.25, 0.3) is 0 Å². The van der Waals surface area contributed by atoms with Gasteiger partial charge in [0.05, 0.1) is 0 Å². The van der Waals surface area contributed by atoms with Crippen molar-refractivity contribution in [3.05, 3.63) is 0 Å². The third-order valence-corrected chi connectivity index (χ3v) is 4.41. The molecule has 0 radical (unpaired) electrons. The van der Waals surface area contributed by atoms with Gasteiger partial charge in [-0.1, -0.05) is 104 Å². The molecule has 1 N–H and O–H groups in total. The van der Waals surface area contributed by atoms with Crippen LogP contribution in [0.15, 0.2) is 0 Å². The Labute approximate surface area is 165 Å². The molecule has 0 aromatic heterocycles. The Kier molecular flexibility index (Phi) is 27.7. The van der Waals surface area contributed by atoms with Crippen LogP contribution >= 0.6 is 0 Å². The van der Waals surface area contributed by atoms with Crippen molar-refractivity contribution in [2.45, 2.75) is 117 Å². The standard InChI is InChI=1S/C20H43N.Na.H/c1-3-5-7-9-11-13-15-17-19-21-20-18-16-14-12-10-8-6-4-2;;/h21H,3-20H2,1-2H3;;/q;+1;-1. The number of unbranched alkanes of at least 4 members (excludes halogenated alkanes) is 14. The van der Waals surface area contributed by atoms with Gasteiger partial charge in [-0.15, -0.1) is 0 Å². The van der Waals surface area contributed by atoms with Crippen LogP contribution in [0, 0.1) is 0 Å². The van der Waals surface area contributed by atoms with Gasteiger partial charge in [0.2, 0.25) is 0 Å². The van der Waals surface area contributed by atoms with Gasteiger partial charge < -0.3 is 6.74 Å². The second-order valence-corrected chi connectivity index (χ2v) is 6.70. The molecule has 0 saturated carbocycles. The molecule has 0 atom stereocenters. The summed E-state index contributed by atoms with van der Waals surface area (Å²) in [6, 6.07) is 0. The largest absolute Gasteiger partial charge is 1.00 e. The summed E-state index contributed by atoms with van der Waals surface area (Å²) in [6.45, 7) is 7.06. The molecule has 0 aliphatic carbocycles. The van der Waals surface area contributed by atoms with E-state index >= 15 is 0 Å². The Bertz CT molecular complexity index is 161. The molecule has 0 aliphatic rings. The zero-order valence-electron chi connectivity index (χ0n) is 17.2. The molecule has 0 heterocycles. The third-order valence-electron chi connectivity index (χ3n) is 4.41. The van der Waals surface area contributed by atoms with Crippen molar-refractivity contribution < 1.29 is 31.0 Å². The van der Waals surface area contributed by atoms with Gasteiger partial charge in [0.25, 0.3) is 0 Å². The molecule has 0 aromatic rings. The molecule has 0 bridgehead atoms. The fourth-order valence-electron chi connectivity index (χ4n) is 2.89. The maximum atomic E-state index is 3.61. The summed E-state index contributed by atoms with van der Waals surface area (Å²) in [4.78, 5) is 0. The minimum atomic E-state index is 0. The van der Waals surface area contributed by atoms with Crippen molar-refractivity contribution >= 4 is 0 Å². The molecular formula is C20H44NNa. The van der Waals surface area contributed by atoms with Crippen LogP contribution in [0.1, 0.15) is 118 Å². The van der Waals surface area contributed by atoms with Crippen LogP contribution in [0.5, 0.6) is 0 Å². The maximum Gasteiger partial charge on any atom is 1.00 e. The first-order valence-corrected chi connectivity index (χ1v) is 10.1. The van der Waals surface area contributed by atoms with Gasteiger partial charge >= 0.3 is 29.6 Å². The molecule has 2 heteroatoms. The van der Waals surface area contributed by atoms with Crippen LogP contribution in [0.2, 0.25) is 0 Å². The van der Waals surface area contributed by atoms with Gasteiger partial charge in [0.15, 0.2) is 0 Å². The summed E-state index contributed by atoms with van der Waals surface area (Å²) < 4.78 is 0. The molecular weight excluding hydrogens is 277 g/mol. The fraction of sp³-hybridized carbons (Fsp3) is 1.00. The first-order valence-electron chi connectivity index (χ1n) is 10.1. The van der Waals surface area contributed by atoms with Gasteiger partial charge in [-0.25, -0.2) is 0 Å². The maximum absolute atomic E-state index is 3.61. The van der Waals surface area contributed by atoms with Crippen LogP contribution < -0.4 is 34.9 Å². The second kappa shape index (κ2) is 24.2. The molecule has 0 rings (SSSR count). The summed E-state index contributed by atoms with van der Waals surface area (Å²) in [5.41, 5.74) is 0. The summed E-state index contributed by atoms with van der Waals surface area (Å²) >= 11 is 0. The van der Waals surface area contributed by atoms with Crippen molar-refractivity contribution in [2.75, 3.05) is 13.1 Å². The van der Waals surface area contributed by atoms with E-state index in [4.69, 9.17) is 0 Å². The molecule has 0 amide bonds. The first kappa shape index (κ1) is 25.2. The summed E-state index contributed by atoms with van der Waals surface area (Å²) in [5, 5.41) is 3.61. The van der Waals surface area contributed by atoms with Crippen molar-refractivity contribution in [3.63, 3.8) is 0 Å². The summed E-state index contributed by atoms with van der Waals surface area (Å²) in [7, 11) is 0. The Morgan fingerprint density at radius 2 is 0.727 bits per heavy atom. The van der Waals surface area contributed by atoms with Crippen LogP contribution in [-0.4, -0.2) is 13.1 Å². The Hall–Kier alpha value is 0.960. The molecule has 0 fully saturated rings. The SMILES string of the molecule is CCCCCCCCCCNCCCCCCCCCC.[H-].[Na+]. The van der Waals surface area contributed by atoms with E-state index in [1.54, 1.807) is 0 Å². The van der Waals surface area contributed by atoms with Crippen molar-refractivity contribution in [2.24, 2.45) is 0 Å². The smallest absolute Gasteiger partial charge is 1.00 e. The molecule has 130 valence electrons. The Balaban J connectivity index is -0.00000200. The second-order valence-electron chi connectivity index (χ2n) is 6.70. The molecule has 0 aliphatic heterocycles. The average Bonchev–Trinajstić information content (AvgIpc) is 2.50. The fourth-order valence-corrected chi connectivity index (χ4v) is 2.89.